The molecule has 7 heteroatoms. The minimum Gasteiger partial charge on any atom is -0.482 e. The van der Waals surface area contributed by atoms with Gasteiger partial charge in [0.25, 0.3) is 11.8 Å². The van der Waals surface area contributed by atoms with Gasteiger partial charge in [0.05, 0.1) is 5.02 Å². The SMILES string of the molecule is CCCN(CCC)C(=O)c1cccc(NC(=O)COc2ccc(Br)cc2Cl)c1. The van der Waals surface area contributed by atoms with Crippen LogP contribution in [0.25, 0.3) is 0 Å². The van der Waals surface area contributed by atoms with Gasteiger partial charge in [0.15, 0.2) is 6.61 Å². The molecule has 1 N–H and O–H groups in total. The number of hydrogen-bond acceptors (Lipinski definition) is 3. The quantitative estimate of drug-likeness (QED) is 0.538. The summed E-state index contributed by atoms with van der Waals surface area (Å²) in [6.07, 6.45) is 1.80. The molecule has 0 fully saturated rings. The van der Waals surface area contributed by atoms with E-state index in [2.05, 4.69) is 21.2 Å². The zero-order valence-corrected chi connectivity index (χ0v) is 18.3. The molecule has 5 nitrogen and oxygen atoms in total. The second kappa shape index (κ2) is 11.1. The van der Waals surface area contributed by atoms with Crippen LogP contribution in [0.15, 0.2) is 46.9 Å². The van der Waals surface area contributed by atoms with Crippen LogP contribution in [0, 0.1) is 0 Å². The van der Waals surface area contributed by atoms with Gasteiger partial charge in [0, 0.05) is 28.8 Å². The lowest BCUT2D eigenvalue weighted by Crippen LogP contribution is -2.32. The summed E-state index contributed by atoms with van der Waals surface area (Å²) < 4.78 is 6.30. The molecular weight excluding hydrogens is 444 g/mol. The van der Waals surface area contributed by atoms with Gasteiger partial charge in [-0.1, -0.05) is 47.4 Å². The average molecular weight is 468 g/mol. The van der Waals surface area contributed by atoms with Crippen molar-refractivity contribution in [2.45, 2.75) is 26.7 Å². The smallest absolute Gasteiger partial charge is 0.262 e. The fourth-order valence-electron chi connectivity index (χ4n) is 2.70. The molecule has 0 spiro atoms. The van der Waals surface area contributed by atoms with Crippen LogP contribution in [0.3, 0.4) is 0 Å². The Bertz CT molecular complexity index is 823. The predicted octanol–water partition coefficient (Wildman–Crippen LogP) is 5.38. The lowest BCUT2D eigenvalue weighted by molar-refractivity contribution is -0.118. The lowest BCUT2D eigenvalue weighted by atomic mass is 10.1. The Hall–Kier alpha value is -2.05. The summed E-state index contributed by atoms with van der Waals surface area (Å²) in [5.41, 5.74) is 1.10. The maximum atomic E-state index is 12.7. The van der Waals surface area contributed by atoms with Crippen molar-refractivity contribution in [3.05, 3.63) is 57.5 Å². The molecule has 0 unspecified atom stereocenters. The zero-order chi connectivity index (χ0) is 20.5. The molecule has 150 valence electrons. The first-order chi connectivity index (χ1) is 13.4. The first-order valence-electron chi connectivity index (χ1n) is 9.21. The van der Waals surface area contributed by atoms with E-state index in [-0.39, 0.29) is 18.4 Å². The van der Waals surface area contributed by atoms with Crippen molar-refractivity contribution >= 4 is 45.0 Å². The molecule has 28 heavy (non-hydrogen) atoms. The monoisotopic (exact) mass is 466 g/mol. The topological polar surface area (TPSA) is 58.6 Å². The van der Waals surface area contributed by atoms with Crippen LogP contribution < -0.4 is 10.1 Å². The number of nitrogens with one attached hydrogen (secondary N) is 1. The Balaban J connectivity index is 1.99. The molecule has 0 aliphatic heterocycles. The summed E-state index contributed by atoms with van der Waals surface area (Å²) in [5, 5.41) is 3.17. The van der Waals surface area contributed by atoms with Gasteiger partial charge in [-0.25, -0.2) is 0 Å². The second-order valence-corrected chi connectivity index (χ2v) is 7.61. The summed E-state index contributed by atoms with van der Waals surface area (Å²) in [5.74, 6) is 0.0685. The van der Waals surface area contributed by atoms with Gasteiger partial charge in [0.2, 0.25) is 0 Å². The van der Waals surface area contributed by atoms with Gasteiger partial charge in [0.1, 0.15) is 5.75 Å². The van der Waals surface area contributed by atoms with E-state index in [4.69, 9.17) is 16.3 Å². The number of carbonyl (C=O) groups excluding carboxylic acids is 2. The van der Waals surface area contributed by atoms with E-state index in [9.17, 15) is 9.59 Å². The molecule has 2 rings (SSSR count). The Morgan fingerprint density at radius 3 is 2.46 bits per heavy atom. The highest BCUT2D eigenvalue weighted by Gasteiger charge is 2.15. The largest absolute Gasteiger partial charge is 0.482 e. The van der Waals surface area contributed by atoms with E-state index >= 15 is 0 Å². The van der Waals surface area contributed by atoms with Gasteiger partial charge in [-0.15, -0.1) is 0 Å². The van der Waals surface area contributed by atoms with Crippen molar-refractivity contribution in [2.75, 3.05) is 25.0 Å². The number of ether oxygens (including phenoxy) is 1. The van der Waals surface area contributed by atoms with Crippen LogP contribution in [0.1, 0.15) is 37.0 Å². The van der Waals surface area contributed by atoms with E-state index < -0.39 is 0 Å². The zero-order valence-electron chi connectivity index (χ0n) is 16.0. The van der Waals surface area contributed by atoms with E-state index in [1.807, 2.05) is 18.7 Å². The van der Waals surface area contributed by atoms with Crippen LogP contribution in [0.5, 0.6) is 5.75 Å². The summed E-state index contributed by atoms with van der Waals surface area (Å²) >= 11 is 9.40. The highest BCUT2D eigenvalue weighted by atomic mass is 79.9. The van der Waals surface area contributed by atoms with Crippen LogP contribution in [-0.4, -0.2) is 36.4 Å². The Morgan fingerprint density at radius 1 is 1.11 bits per heavy atom. The van der Waals surface area contributed by atoms with E-state index in [1.54, 1.807) is 42.5 Å². The third-order valence-electron chi connectivity index (χ3n) is 3.92. The fourth-order valence-corrected chi connectivity index (χ4v) is 3.43. The molecule has 0 bridgehead atoms. The highest BCUT2D eigenvalue weighted by molar-refractivity contribution is 9.10. The van der Waals surface area contributed by atoms with Crippen molar-refractivity contribution in [3.63, 3.8) is 0 Å². The summed E-state index contributed by atoms with van der Waals surface area (Å²) in [7, 11) is 0. The van der Waals surface area contributed by atoms with E-state index in [0.717, 1.165) is 17.3 Å². The number of anilines is 1. The van der Waals surface area contributed by atoms with Crippen LogP contribution in [0.4, 0.5) is 5.69 Å². The Morgan fingerprint density at radius 2 is 1.82 bits per heavy atom. The number of benzene rings is 2. The second-order valence-electron chi connectivity index (χ2n) is 6.28. The van der Waals surface area contributed by atoms with Crippen LogP contribution >= 0.6 is 27.5 Å². The number of nitrogens with zero attached hydrogens (tertiary/aromatic N) is 1. The molecule has 0 aliphatic rings. The molecule has 0 atom stereocenters. The molecule has 0 saturated carbocycles. The standard InChI is InChI=1S/C21H24BrClN2O3/c1-3-10-25(11-4-2)21(27)15-6-5-7-17(12-15)24-20(26)14-28-19-9-8-16(22)13-18(19)23/h5-9,12-13H,3-4,10-11,14H2,1-2H3,(H,24,26). The Kier molecular flexibility index (Phi) is 8.80. The normalized spacial score (nSPS) is 10.4. The van der Waals surface area contributed by atoms with Crippen molar-refractivity contribution in [3.8, 4) is 5.75 Å². The van der Waals surface area contributed by atoms with Crippen molar-refractivity contribution < 1.29 is 14.3 Å². The number of carbonyl (C=O) groups is 2. The third kappa shape index (κ3) is 6.53. The third-order valence-corrected chi connectivity index (χ3v) is 4.71. The number of halogens is 2. The van der Waals surface area contributed by atoms with E-state index in [0.29, 0.717) is 35.1 Å². The summed E-state index contributed by atoms with van der Waals surface area (Å²) in [6, 6.07) is 12.1. The number of rotatable bonds is 9. The molecule has 2 aromatic carbocycles. The van der Waals surface area contributed by atoms with Gasteiger partial charge in [-0.3, -0.25) is 9.59 Å². The summed E-state index contributed by atoms with van der Waals surface area (Å²) in [4.78, 5) is 26.7. The van der Waals surface area contributed by atoms with Crippen LogP contribution in [0.2, 0.25) is 5.02 Å². The molecule has 2 amide bonds. The van der Waals surface area contributed by atoms with Crippen molar-refractivity contribution in [1.82, 2.24) is 4.90 Å². The number of hydrogen-bond donors (Lipinski definition) is 1. The maximum absolute atomic E-state index is 12.7. The van der Waals surface area contributed by atoms with Crippen molar-refractivity contribution in [2.24, 2.45) is 0 Å². The molecule has 0 saturated heterocycles. The number of amides is 2. The molecule has 0 heterocycles. The predicted molar refractivity (Wildman–Crippen MR) is 116 cm³/mol. The van der Waals surface area contributed by atoms with Crippen molar-refractivity contribution in [1.29, 1.82) is 0 Å². The average Bonchev–Trinajstić information content (AvgIpc) is 2.67. The van der Waals surface area contributed by atoms with E-state index in [1.165, 1.54) is 0 Å². The molecule has 0 aromatic heterocycles. The molecular formula is C21H24BrClN2O3. The first kappa shape index (κ1) is 22.2. The minimum absolute atomic E-state index is 0.0299. The van der Waals surface area contributed by atoms with Gasteiger partial charge < -0.3 is 15.0 Å². The van der Waals surface area contributed by atoms with Gasteiger partial charge in [-0.05, 0) is 49.2 Å². The molecule has 0 radical (unpaired) electrons. The summed E-state index contributed by atoms with van der Waals surface area (Å²) in [6.45, 7) is 5.34. The van der Waals surface area contributed by atoms with Crippen LogP contribution in [-0.2, 0) is 4.79 Å². The lowest BCUT2D eigenvalue weighted by Gasteiger charge is -2.21. The first-order valence-corrected chi connectivity index (χ1v) is 10.4. The Labute approximate surface area is 179 Å². The highest BCUT2D eigenvalue weighted by Crippen LogP contribution is 2.27. The molecule has 0 aliphatic carbocycles. The van der Waals surface area contributed by atoms with Gasteiger partial charge in [-0.2, -0.15) is 0 Å². The fraction of sp³-hybridized carbons (Fsp3) is 0.333. The minimum atomic E-state index is -0.331. The van der Waals surface area contributed by atoms with Gasteiger partial charge >= 0.3 is 0 Å². The molecule has 2 aromatic rings. The maximum Gasteiger partial charge on any atom is 0.262 e.